The van der Waals surface area contributed by atoms with Crippen molar-refractivity contribution in [3.05, 3.63) is 95.6 Å². The monoisotopic (exact) mass is 662 g/mol. The van der Waals surface area contributed by atoms with Gasteiger partial charge in [-0.3, -0.25) is 14.2 Å². The molecule has 4 aromatic rings. The maximum absolute atomic E-state index is 13.9. The van der Waals surface area contributed by atoms with E-state index in [-0.39, 0.29) is 45.1 Å². The van der Waals surface area contributed by atoms with E-state index in [0.29, 0.717) is 13.1 Å². The van der Waals surface area contributed by atoms with Crippen LogP contribution in [-0.2, 0) is 27.5 Å². The molecule has 2 N–H and O–H groups in total. The molecule has 0 atom stereocenters. The second kappa shape index (κ2) is 13.4. The molecule has 1 aliphatic rings. The lowest BCUT2D eigenvalue weighted by atomic mass is 10.2. The minimum absolute atomic E-state index is 0.0347. The number of rotatable bonds is 10. The maximum Gasteiger partial charge on any atom is 0.416 e. The Kier molecular flexibility index (Phi) is 9.55. The summed E-state index contributed by atoms with van der Waals surface area (Å²) in [6, 6.07) is 15.4. The first-order valence-electron chi connectivity index (χ1n) is 13.6. The molecule has 2 heterocycles. The predicted octanol–water partition coefficient (Wildman–Crippen LogP) is 4.87. The Bertz CT molecular complexity index is 1810. The second-order valence-electron chi connectivity index (χ2n) is 9.92. The van der Waals surface area contributed by atoms with Gasteiger partial charge in [0.1, 0.15) is 5.82 Å². The number of carbonyl (C=O) groups excluding carboxylic acids is 2. The summed E-state index contributed by atoms with van der Waals surface area (Å²) in [5, 5.41) is 13.2. The molecule has 0 spiro atoms. The Morgan fingerprint density at radius 2 is 1.64 bits per heavy atom. The first-order valence-corrected chi connectivity index (χ1v) is 16.0. The molecule has 1 saturated heterocycles. The molecule has 45 heavy (non-hydrogen) atoms. The fraction of sp³-hybridized carbons (Fsp3) is 0.241. The number of amides is 2. The molecule has 0 bridgehead atoms. The Morgan fingerprint density at radius 3 is 2.33 bits per heavy atom. The third kappa shape index (κ3) is 7.51. The highest BCUT2D eigenvalue weighted by Gasteiger charge is 2.31. The van der Waals surface area contributed by atoms with Gasteiger partial charge in [-0.1, -0.05) is 30.0 Å². The van der Waals surface area contributed by atoms with Gasteiger partial charge in [-0.25, -0.2) is 12.8 Å². The SMILES string of the molecule is O=C(CSc1nnc(CNC(=O)c2ccc(S(=O)(=O)N3CCCC3)cc2)n1-c1cccc(C(F)(F)F)c1)Nc1ccccc1F. The third-order valence-electron chi connectivity index (χ3n) is 6.84. The summed E-state index contributed by atoms with van der Waals surface area (Å²) in [6.45, 7) is 0.610. The van der Waals surface area contributed by atoms with Gasteiger partial charge in [0.05, 0.1) is 34.1 Å². The van der Waals surface area contributed by atoms with Crippen LogP contribution in [0.15, 0.2) is 82.8 Å². The molecule has 2 amide bonds. The molecule has 0 unspecified atom stereocenters. The van der Waals surface area contributed by atoms with Gasteiger partial charge >= 0.3 is 6.18 Å². The van der Waals surface area contributed by atoms with Gasteiger partial charge in [0.2, 0.25) is 15.9 Å². The number of sulfonamides is 1. The number of halogens is 4. The van der Waals surface area contributed by atoms with E-state index in [4.69, 9.17) is 0 Å². The smallest absolute Gasteiger partial charge is 0.345 e. The highest BCUT2D eigenvalue weighted by atomic mass is 32.2. The Balaban J connectivity index is 1.34. The molecule has 1 aliphatic heterocycles. The lowest BCUT2D eigenvalue weighted by Crippen LogP contribution is -2.28. The van der Waals surface area contributed by atoms with E-state index in [9.17, 15) is 35.6 Å². The first kappa shape index (κ1) is 32.1. The molecule has 10 nitrogen and oxygen atoms in total. The highest BCUT2D eigenvalue weighted by Crippen LogP contribution is 2.32. The van der Waals surface area contributed by atoms with Crippen molar-refractivity contribution in [1.82, 2.24) is 24.4 Å². The Labute approximate surface area is 259 Å². The number of carbonyl (C=O) groups is 2. The summed E-state index contributed by atoms with van der Waals surface area (Å²) < 4.78 is 82.7. The first-order chi connectivity index (χ1) is 21.4. The molecule has 0 radical (unpaired) electrons. The van der Waals surface area contributed by atoms with Crippen molar-refractivity contribution < 1.29 is 35.6 Å². The van der Waals surface area contributed by atoms with Crippen LogP contribution in [0.3, 0.4) is 0 Å². The van der Waals surface area contributed by atoms with Crippen molar-refractivity contribution in [2.45, 2.75) is 35.6 Å². The number of hydrogen-bond acceptors (Lipinski definition) is 7. The van der Waals surface area contributed by atoms with Gasteiger partial charge in [-0.05, 0) is 67.4 Å². The third-order valence-corrected chi connectivity index (χ3v) is 9.68. The van der Waals surface area contributed by atoms with Crippen LogP contribution >= 0.6 is 11.8 Å². The number of hydrogen-bond donors (Lipinski definition) is 2. The average Bonchev–Trinajstić information content (AvgIpc) is 3.71. The van der Waals surface area contributed by atoms with E-state index in [1.807, 2.05) is 0 Å². The second-order valence-corrected chi connectivity index (χ2v) is 12.8. The molecular formula is C29H26F4N6O4S2. The number of benzene rings is 3. The topological polar surface area (TPSA) is 126 Å². The van der Waals surface area contributed by atoms with Gasteiger partial charge in [0, 0.05) is 18.7 Å². The number of thioether (sulfide) groups is 1. The zero-order valence-corrected chi connectivity index (χ0v) is 25.1. The fourth-order valence-electron chi connectivity index (χ4n) is 4.59. The summed E-state index contributed by atoms with van der Waals surface area (Å²) in [4.78, 5) is 25.5. The predicted molar refractivity (Wildman–Crippen MR) is 158 cm³/mol. The zero-order valence-electron chi connectivity index (χ0n) is 23.4. The van der Waals surface area contributed by atoms with E-state index in [1.54, 1.807) is 6.07 Å². The van der Waals surface area contributed by atoms with Crippen molar-refractivity contribution in [2.24, 2.45) is 0 Å². The van der Waals surface area contributed by atoms with E-state index in [2.05, 4.69) is 20.8 Å². The van der Waals surface area contributed by atoms with Crippen molar-refractivity contribution >= 4 is 39.3 Å². The van der Waals surface area contributed by atoms with Gasteiger partial charge in [-0.15, -0.1) is 10.2 Å². The lowest BCUT2D eigenvalue weighted by Gasteiger charge is -2.15. The molecule has 0 saturated carbocycles. The van der Waals surface area contributed by atoms with Crippen LogP contribution in [0.1, 0.15) is 34.6 Å². The van der Waals surface area contributed by atoms with Crippen LogP contribution in [0.25, 0.3) is 5.69 Å². The Hall–Kier alpha value is -4.28. The molecule has 5 rings (SSSR count). The number of nitrogens with zero attached hydrogens (tertiary/aromatic N) is 4. The summed E-state index contributed by atoms with van der Waals surface area (Å²) in [5.41, 5.74) is -0.777. The molecular weight excluding hydrogens is 636 g/mol. The summed E-state index contributed by atoms with van der Waals surface area (Å²) >= 11 is 0.854. The van der Waals surface area contributed by atoms with Crippen LogP contribution in [-0.4, -0.2) is 58.1 Å². The van der Waals surface area contributed by atoms with Crippen molar-refractivity contribution in [3.8, 4) is 5.69 Å². The number of alkyl halides is 3. The van der Waals surface area contributed by atoms with Crippen LogP contribution in [0.4, 0.5) is 23.2 Å². The number of anilines is 1. The standard InChI is InChI=1S/C29H26F4N6O4S2/c30-23-8-1-2-9-24(23)35-26(40)18-44-28-37-36-25(39(28)21-7-5-6-20(16-21)29(31,32)33)17-34-27(41)19-10-12-22(13-11-19)45(42,43)38-14-3-4-15-38/h1-2,5-13,16H,3-4,14-15,17-18H2,(H,34,41)(H,35,40). The van der Waals surface area contributed by atoms with E-state index in [1.165, 1.54) is 63.5 Å². The number of para-hydroxylation sites is 1. The summed E-state index contributed by atoms with van der Waals surface area (Å²) in [6.07, 6.45) is -3.07. The molecule has 16 heteroatoms. The highest BCUT2D eigenvalue weighted by molar-refractivity contribution is 7.99. The Morgan fingerprint density at radius 1 is 0.933 bits per heavy atom. The maximum atomic E-state index is 13.9. The molecule has 0 aliphatic carbocycles. The van der Waals surface area contributed by atoms with Gasteiger partial charge in [0.25, 0.3) is 5.91 Å². The summed E-state index contributed by atoms with van der Waals surface area (Å²) in [7, 11) is -3.67. The summed E-state index contributed by atoms with van der Waals surface area (Å²) in [5.74, 6) is -2.02. The van der Waals surface area contributed by atoms with Gasteiger partial charge in [0.15, 0.2) is 11.0 Å². The van der Waals surface area contributed by atoms with E-state index >= 15 is 0 Å². The van der Waals surface area contributed by atoms with Crippen LogP contribution in [0.2, 0.25) is 0 Å². The van der Waals surface area contributed by atoms with Crippen molar-refractivity contribution in [2.75, 3.05) is 24.2 Å². The van der Waals surface area contributed by atoms with Crippen LogP contribution in [0.5, 0.6) is 0 Å². The largest absolute Gasteiger partial charge is 0.416 e. The fourth-order valence-corrected chi connectivity index (χ4v) is 6.87. The molecule has 3 aromatic carbocycles. The number of aromatic nitrogens is 3. The quantitative estimate of drug-likeness (QED) is 0.183. The lowest BCUT2D eigenvalue weighted by molar-refractivity contribution is -0.137. The van der Waals surface area contributed by atoms with Crippen molar-refractivity contribution in [3.63, 3.8) is 0 Å². The van der Waals surface area contributed by atoms with E-state index in [0.717, 1.165) is 36.7 Å². The van der Waals surface area contributed by atoms with Gasteiger partial charge < -0.3 is 10.6 Å². The normalized spacial score (nSPS) is 14.0. The minimum atomic E-state index is -4.64. The minimum Gasteiger partial charge on any atom is -0.345 e. The zero-order chi connectivity index (χ0) is 32.2. The number of nitrogens with one attached hydrogen (secondary N) is 2. The van der Waals surface area contributed by atoms with Crippen LogP contribution in [0, 0.1) is 5.82 Å². The average molecular weight is 663 g/mol. The molecule has 1 aromatic heterocycles. The van der Waals surface area contributed by atoms with Crippen LogP contribution < -0.4 is 10.6 Å². The molecule has 236 valence electrons. The van der Waals surface area contributed by atoms with E-state index < -0.39 is 39.4 Å². The van der Waals surface area contributed by atoms with Crippen molar-refractivity contribution in [1.29, 1.82) is 0 Å². The molecule has 1 fully saturated rings. The van der Waals surface area contributed by atoms with Gasteiger partial charge in [-0.2, -0.15) is 17.5 Å².